The lowest BCUT2D eigenvalue weighted by molar-refractivity contribution is -0.139. The number of benzene rings is 4. The van der Waals surface area contributed by atoms with E-state index < -0.39 is 48.2 Å². The second kappa shape index (κ2) is 13.3. The minimum atomic E-state index is -4.64. The highest BCUT2D eigenvalue weighted by Gasteiger charge is 2.31. The van der Waals surface area contributed by atoms with Crippen molar-refractivity contribution in [3.05, 3.63) is 131 Å². The number of fused-ring (bicyclic) bond motifs is 1. The van der Waals surface area contributed by atoms with Gasteiger partial charge in [0.05, 0.1) is 11.1 Å². The van der Waals surface area contributed by atoms with E-state index in [0.29, 0.717) is 22.0 Å². The van der Waals surface area contributed by atoms with E-state index in [1.807, 2.05) is 0 Å². The fraction of sp³-hybridized carbons (Fsp3) is 0.118. The summed E-state index contributed by atoms with van der Waals surface area (Å²) in [4.78, 5) is 43.4. The van der Waals surface area contributed by atoms with Gasteiger partial charge in [0.15, 0.2) is 0 Å². The van der Waals surface area contributed by atoms with Crippen LogP contribution in [-0.2, 0) is 11.0 Å². The highest BCUT2D eigenvalue weighted by Crippen LogP contribution is 2.32. The third kappa shape index (κ3) is 8.12. The number of anilines is 1. The van der Waals surface area contributed by atoms with Crippen molar-refractivity contribution in [2.75, 3.05) is 11.9 Å². The maximum atomic E-state index is 13.2. The number of carbonyl (C=O) groups excluding carboxylic acids is 3. The molecule has 0 aliphatic rings. The number of hydrogen-bond acceptors (Lipinski definition) is 4. The van der Waals surface area contributed by atoms with Crippen molar-refractivity contribution in [1.29, 1.82) is 0 Å². The van der Waals surface area contributed by atoms with Gasteiger partial charge in [-0.3, -0.25) is 14.4 Å². The molecular formula is C34H24F6N4O3. The predicted molar refractivity (Wildman–Crippen MR) is 162 cm³/mol. The maximum Gasteiger partial charge on any atom is 0.416 e. The van der Waals surface area contributed by atoms with Crippen molar-refractivity contribution >= 4 is 34.4 Å². The lowest BCUT2D eigenvalue weighted by Gasteiger charge is -2.19. The summed E-state index contributed by atoms with van der Waals surface area (Å²) >= 11 is 0. The summed E-state index contributed by atoms with van der Waals surface area (Å²) in [6.45, 7) is -1.56. The molecule has 1 unspecified atom stereocenters. The van der Waals surface area contributed by atoms with Crippen LogP contribution in [0.1, 0.15) is 37.9 Å². The molecular weight excluding hydrogens is 626 g/mol. The number of halogens is 6. The number of nitrogens with zero attached hydrogens (tertiary/aromatic N) is 1. The Labute approximate surface area is 263 Å². The van der Waals surface area contributed by atoms with E-state index in [1.165, 1.54) is 54.6 Å². The summed E-state index contributed by atoms with van der Waals surface area (Å²) in [6, 6.07) is 24.7. The molecule has 0 aliphatic carbocycles. The number of amides is 3. The lowest BCUT2D eigenvalue weighted by atomic mass is 9.98. The molecule has 0 spiro atoms. The fourth-order valence-corrected chi connectivity index (χ4v) is 4.74. The standard InChI is InChI=1S/C34H24F6N4O3/c35-33(36,37)19-41-32(47)29(21-6-2-1-3-7-21)44-30(45)23-12-16-27-22(18-23)13-17-28(42-27)43-31(46)26-9-5-4-8-25(26)20-10-14-24(15-11-20)34(38,39)40/h1-18,29H,19H2,(H,41,47)(H,44,45)(H,42,43,46). The van der Waals surface area contributed by atoms with Crippen molar-refractivity contribution in [2.24, 2.45) is 0 Å². The van der Waals surface area contributed by atoms with Crippen molar-refractivity contribution in [3.8, 4) is 11.1 Å². The SMILES string of the molecule is O=C(NC(C(=O)NCC(F)(F)F)c1ccccc1)c1ccc2nc(NC(=O)c3ccccc3-c3ccc(C(F)(F)F)cc3)ccc2c1. The van der Waals surface area contributed by atoms with Crippen molar-refractivity contribution in [3.63, 3.8) is 0 Å². The van der Waals surface area contributed by atoms with Crippen LogP contribution in [0.5, 0.6) is 0 Å². The molecule has 5 aromatic rings. The third-order valence-electron chi connectivity index (χ3n) is 7.02. The first kappa shape index (κ1) is 32.7. The Balaban J connectivity index is 1.32. The average molecular weight is 651 g/mol. The van der Waals surface area contributed by atoms with Gasteiger partial charge in [-0.1, -0.05) is 60.7 Å². The van der Waals surface area contributed by atoms with Gasteiger partial charge in [-0.2, -0.15) is 26.3 Å². The first-order valence-corrected chi connectivity index (χ1v) is 14.0. The van der Waals surface area contributed by atoms with E-state index in [2.05, 4.69) is 15.6 Å². The largest absolute Gasteiger partial charge is 0.416 e. The number of nitrogens with one attached hydrogen (secondary N) is 3. The van der Waals surface area contributed by atoms with Gasteiger partial charge in [-0.15, -0.1) is 0 Å². The van der Waals surface area contributed by atoms with Crippen LogP contribution < -0.4 is 16.0 Å². The highest BCUT2D eigenvalue weighted by atomic mass is 19.4. The summed E-state index contributed by atoms with van der Waals surface area (Å²) in [5, 5.41) is 7.44. The summed E-state index contributed by atoms with van der Waals surface area (Å²) < 4.78 is 77.2. The number of rotatable bonds is 8. The molecule has 1 atom stereocenters. The minimum Gasteiger partial charge on any atom is -0.345 e. The van der Waals surface area contributed by atoms with E-state index in [-0.39, 0.29) is 22.5 Å². The number of carbonyl (C=O) groups is 3. The summed E-state index contributed by atoms with van der Waals surface area (Å²) in [5.74, 6) is -2.16. The topological polar surface area (TPSA) is 100 Å². The number of aromatic nitrogens is 1. The molecule has 0 saturated heterocycles. The average Bonchev–Trinajstić information content (AvgIpc) is 3.05. The van der Waals surface area contributed by atoms with Gasteiger partial charge in [-0.25, -0.2) is 4.98 Å². The molecule has 3 N–H and O–H groups in total. The molecule has 4 aromatic carbocycles. The monoisotopic (exact) mass is 650 g/mol. The smallest absolute Gasteiger partial charge is 0.345 e. The molecule has 0 radical (unpaired) electrons. The number of hydrogen-bond donors (Lipinski definition) is 3. The zero-order valence-corrected chi connectivity index (χ0v) is 24.1. The van der Waals surface area contributed by atoms with E-state index >= 15 is 0 Å². The van der Waals surface area contributed by atoms with Crippen LogP contribution >= 0.6 is 0 Å². The Hall–Kier alpha value is -5.72. The zero-order valence-electron chi connectivity index (χ0n) is 24.1. The molecule has 13 heteroatoms. The van der Waals surface area contributed by atoms with Crippen molar-refractivity contribution in [2.45, 2.75) is 18.4 Å². The first-order valence-electron chi connectivity index (χ1n) is 14.0. The minimum absolute atomic E-state index is 0.103. The number of alkyl halides is 6. The Kier molecular flexibility index (Phi) is 9.27. The Morgan fingerprint density at radius 2 is 1.40 bits per heavy atom. The van der Waals surface area contributed by atoms with Crippen LogP contribution in [-0.4, -0.2) is 35.4 Å². The Bertz CT molecular complexity index is 1930. The van der Waals surface area contributed by atoms with Gasteiger partial charge in [0.2, 0.25) is 5.91 Å². The van der Waals surface area contributed by atoms with Crippen molar-refractivity contribution in [1.82, 2.24) is 15.6 Å². The van der Waals surface area contributed by atoms with Gasteiger partial charge >= 0.3 is 12.4 Å². The molecule has 0 saturated carbocycles. The second-order valence-corrected chi connectivity index (χ2v) is 10.3. The van der Waals surface area contributed by atoms with Gasteiger partial charge < -0.3 is 16.0 Å². The lowest BCUT2D eigenvalue weighted by Crippen LogP contribution is -2.43. The fourth-order valence-electron chi connectivity index (χ4n) is 4.74. The van der Waals surface area contributed by atoms with E-state index in [4.69, 9.17) is 0 Å². The molecule has 1 heterocycles. The van der Waals surface area contributed by atoms with Crippen molar-refractivity contribution < 1.29 is 40.7 Å². The molecule has 1 aromatic heterocycles. The van der Waals surface area contributed by atoms with Crippen LogP contribution in [0.4, 0.5) is 32.2 Å². The van der Waals surface area contributed by atoms with Gasteiger partial charge in [0, 0.05) is 16.5 Å². The maximum absolute atomic E-state index is 13.2. The zero-order chi connectivity index (χ0) is 33.8. The van der Waals surface area contributed by atoms with Crippen LogP contribution in [0.3, 0.4) is 0 Å². The second-order valence-electron chi connectivity index (χ2n) is 10.3. The van der Waals surface area contributed by atoms with Gasteiger partial charge in [-0.05, 0) is 65.2 Å². The summed E-state index contributed by atoms with van der Waals surface area (Å²) in [5.41, 5.74) is 0.983. The molecule has 0 aliphatic heterocycles. The molecule has 5 rings (SSSR count). The van der Waals surface area contributed by atoms with Crippen LogP contribution in [0.2, 0.25) is 0 Å². The molecule has 0 fully saturated rings. The summed E-state index contributed by atoms with van der Waals surface area (Å²) in [7, 11) is 0. The molecule has 3 amide bonds. The molecule has 7 nitrogen and oxygen atoms in total. The predicted octanol–water partition coefficient (Wildman–Crippen LogP) is 7.32. The normalized spacial score (nSPS) is 12.3. The van der Waals surface area contributed by atoms with E-state index in [1.54, 1.807) is 47.8 Å². The van der Waals surface area contributed by atoms with E-state index in [9.17, 15) is 40.7 Å². The molecule has 47 heavy (non-hydrogen) atoms. The van der Waals surface area contributed by atoms with Crippen LogP contribution in [0.25, 0.3) is 22.0 Å². The van der Waals surface area contributed by atoms with Crippen LogP contribution in [0, 0.1) is 0 Å². The number of pyridine rings is 1. The quantitative estimate of drug-likeness (QED) is 0.153. The first-order chi connectivity index (χ1) is 22.3. The third-order valence-corrected chi connectivity index (χ3v) is 7.02. The highest BCUT2D eigenvalue weighted by molar-refractivity contribution is 6.09. The Morgan fingerprint density at radius 3 is 2.09 bits per heavy atom. The van der Waals surface area contributed by atoms with E-state index in [0.717, 1.165) is 12.1 Å². The van der Waals surface area contributed by atoms with Crippen LogP contribution in [0.15, 0.2) is 109 Å². The Morgan fingerprint density at radius 1 is 0.723 bits per heavy atom. The van der Waals surface area contributed by atoms with Gasteiger partial charge in [0.25, 0.3) is 11.8 Å². The van der Waals surface area contributed by atoms with Gasteiger partial charge in [0.1, 0.15) is 18.4 Å². The molecule has 240 valence electrons. The molecule has 0 bridgehead atoms. The summed E-state index contributed by atoms with van der Waals surface area (Å²) in [6.07, 6.45) is -9.14.